The van der Waals surface area contributed by atoms with Gasteiger partial charge >= 0.3 is 0 Å². The highest BCUT2D eigenvalue weighted by Crippen LogP contribution is 2.20. The van der Waals surface area contributed by atoms with E-state index in [0.29, 0.717) is 28.1 Å². The van der Waals surface area contributed by atoms with Crippen LogP contribution < -0.4 is 0 Å². The van der Waals surface area contributed by atoms with Crippen LogP contribution in [-0.4, -0.2) is 24.7 Å². The normalized spacial score (nSPS) is 11.1. The van der Waals surface area contributed by atoms with Gasteiger partial charge in [-0.25, -0.2) is 4.98 Å². The summed E-state index contributed by atoms with van der Waals surface area (Å²) in [7, 11) is 0. The standard InChI is InChI=1S/C9H6ClN5O/c1-5-4-6(14-16-5)8-12-13-9-7(10)11-2-3-15(8)9/h2-4H,1H3. The Bertz CT molecular complexity index is 659. The Hall–Kier alpha value is -1.95. The highest BCUT2D eigenvalue weighted by atomic mass is 35.5. The van der Waals surface area contributed by atoms with Crippen molar-refractivity contribution in [3.8, 4) is 11.5 Å². The molecular weight excluding hydrogens is 230 g/mol. The van der Waals surface area contributed by atoms with E-state index in [1.54, 1.807) is 22.9 Å². The third kappa shape index (κ3) is 1.27. The van der Waals surface area contributed by atoms with Gasteiger partial charge in [0.25, 0.3) is 0 Å². The van der Waals surface area contributed by atoms with E-state index in [0.717, 1.165) is 0 Å². The molecule has 0 amide bonds. The van der Waals surface area contributed by atoms with E-state index in [-0.39, 0.29) is 0 Å². The minimum Gasteiger partial charge on any atom is -0.361 e. The Morgan fingerprint density at radius 3 is 3.00 bits per heavy atom. The number of rotatable bonds is 1. The molecule has 0 radical (unpaired) electrons. The Morgan fingerprint density at radius 2 is 2.25 bits per heavy atom. The lowest BCUT2D eigenvalue weighted by Gasteiger charge is -1.95. The topological polar surface area (TPSA) is 69.1 Å². The smallest absolute Gasteiger partial charge is 0.198 e. The Labute approximate surface area is 94.9 Å². The fraction of sp³-hybridized carbons (Fsp3) is 0.111. The monoisotopic (exact) mass is 235 g/mol. The van der Waals surface area contributed by atoms with Crippen molar-refractivity contribution < 1.29 is 4.52 Å². The largest absolute Gasteiger partial charge is 0.361 e. The lowest BCUT2D eigenvalue weighted by molar-refractivity contribution is 0.399. The van der Waals surface area contributed by atoms with Crippen LogP contribution in [0.4, 0.5) is 0 Å². The van der Waals surface area contributed by atoms with E-state index < -0.39 is 0 Å². The van der Waals surface area contributed by atoms with Crippen LogP contribution in [0.25, 0.3) is 17.2 Å². The first-order valence-electron chi connectivity index (χ1n) is 4.54. The van der Waals surface area contributed by atoms with Crippen molar-refractivity contribution in [3.05, 3.63) is 29.4 Å². The van der Waals surface area contributed by atoms with Crippen LogP contribution in [0.15, 0.2) is 23.0 Å². The van der Waals surface area contributed by atoms with Crippen molar-refractivity contribution >= 4 is 17.2 Å². The summed E-state index contributed by atoms with van der Waals surface area (Å²) < 4.78 is 6.70. The second kappa shape index (κ2) is 3.28. The molecule has 0 aliphatic rings. The molecule has 0 bridgehead atoms. The molecule has 0 aliphatic carbocycles. The van der Waals surface area contributed by atoms with Crippen molar-refractivity contribution in [3.63, 3.8) is 0 Å². The molecule has 0 atom stereocenters. The molecule has 3 aromatic rings. The molecule has 0 saturated carbocycles. The van der Waals surface area contributed by atoms with Crippen molar-refractivity contribution in [2.75, 3.05) is 0 Å². The number of aromatic nitrogens is 5. The predicted molar refractivity (Wildman–Crippen MR) is 56.0 cm³/mol. The summed E-state index contributed by atoms with van der Waals surface area (Å²) in [6.07, 6.45) is 3.30. The van der Waals surface area contributed by atoms with Gasteiger partial charge in [-0.05, 0) is 6.92 Å². The van der Waals surface area contributed by atoms with Crippen molar-refractivity contribution in [1.82, 2.24) is 24.7 Å². The second-order valence-corrected chi connectivity index (χ2v) is 3.62. The molecule has 0 unspecified atom stereocenters. The van der Waals surface area contributed by atoms with Crippen molar-refractivity contribution in [2.24, 2.45) is 0 Å². The molecule has 0 fully saturated rings. The molecule has 3 rings (SSSR count). The second-order valence-electron chi connectivity index (χ2n) is 3.26. The molecule has 0 aromatic carbocycles. The number of halogens is 1. The maximum atomic E-state index is 5.88. The third-order valence-electron chi connectivity index (χ3n) is 2.14. The van der Waals surface area contributed by atoms with Crippen LogP contribution >= 0.6 is 11.6 Å². The van der Waals surface area contributed by atoms with E-state index >= 15 is 0 Å². The zero-order valence-electron chi connectivity index (χ0n) is 8.25. The number of hydrogen-bond donors (Lipinski definition) is 0. The van der Waals surface area contributed by atoms with Gasteiger partial charge in [0.2, 0.25) is 0 Å². The minimum atomic E-state index is 0.307. The van der Waals surface area contributed by atoms with E-state index in [1.807, 2.05) is 6.92 Å². The van der Waals surface area contributed by atoms with Gasteiger partial charge in [0.15, 0.2) is 22.3 Å². The molecule has 0 aliphatic heterocycles. The fourth-order valence-electron chi connectivity index (χ4n) is 1.44. The summed E-state index contributed by atoms with van der Waals surface area (Å²) in [5.74, 6) is 1.29. The minimum absolute atomic E-state index is 0.307. The summed E-state index contributed by atoms with van der Waals surface area (Å²) >= 11 is 5.88. The van der Waals surface area contributed by atoms with Gasteiger partial charge < -0.3 is 4.52 Å². The number of hydrogen-bond acceptors (Lipinski definition) is 5. The van der Waals surface area contributed by atoms with Gasteiger partial charge in [-0.2, -0.15) is 0 Å². The van der Waals surface area contributed by atoms with Gasteiger partial charge in [-0.15, -0.1) is 10.2 Å². The summed E-state index contributed by atoms with van der Waals surface area (Å²) in [4.78, 5) is 3.92. The quantitative estimate of drug-likeness (QED) is 0.643. The number of nitrogens with zero attached hydrogens (tertiary/aromatic N) is 5. The van der Waals surface area contributed by atoms with E-state index in [1.165, 1.54) is 0 Å². The number of aryl methyl sites for hydroxylation is 1. The van der Waals surface area contributed by atoms with Gasteiger partial charge in [0, 0.05) is 18.5 Å². The summed E-state index contributed by atoms with van der Waals surface area (Å²) in [6, 6.07) is 1.78. The average molecular weight is 236 g/mol. The molecule has 0 spiro atoms. The molecule has 16 heavy (non-hydrogen) atoms. The third-order valence-corrected chi connectivity index (χ3v) is 2.41. The molecule has 7 heteroatoms. The zero-order valence-corrected chi connectivity index (χ0v) is 9.01. The van der Waals surface area contributed by atoms with Crippen molar-refractivity contribution in [1.29, 1.82) is 0 Å². The van der Waals surface area contributed by atoms with Crippen LogP contribution in [0, 0.1) is 6.92 Å². The summed E-state index contributed by atoms with van der Waals surface area (Å²) in [5, 5.41) is 12.1. The van der Waals surface area contributed by atoms with Gasteiger partial charge in [0.05, 0.1) is 0 Å². The molecule has 0 N–H and O–H groups in total. The lowest BCUT2D eigenvalue weighted by Crippen LogP contribution is -1.90. The molecule has 6 nitrogen and oxygen atoms in total. The van der Waals surface area contributed by atoms with E-state index in [4.69, 9.17) is 16.1 Å². The highest BCUT2D eigenvalue weighted by molar-refractivity contribution is 6.32. The van der Waals surface area contributed by atoms with Crippen LogP contribution in [0.1, 0.15) is 5.76 Å². The van der Waals surface area contributed by atoms with Crippen molar-refractivity contribution in [2.45, 2.75) is 6.92 Å². The Morgan fingerprint density at radius 1 is 1.38 bits per heavy atom. The predicted octanol–water partition coefficient (Wildman–Crippen LogP) is 1.74. The Balaban J connectivity index is 2.29. The summed E-state index contributed by atoms with van der Waals surface area (Å²) in [5.41, 5.74) is 1.12. The number of fused-ring (bicyclic) bond motifs is 1. The Kier molecular flexibility index (Phi) is 1.90. The molecular formula is C9H6ClN5O. The first-order chi connectivity index (χ1) is 7.75. The summed E-state index contributed by atoms with van der Waals surface area (Å²) in [6.45, 7) is 1.81. The average Bonchev–Trinajstić information content (AvgIpc) is 2.84. The van der Waals surface area contributed by atoms with Crippen LogP contribution in [-0.2, 0) is 0 Å². The van der Waals surface area contributed by atoms with Crippen LogP contribution in [0.2, 0.25) is 5.15 Å². The van der Waals surface area contributed by atoms with Crippen LogP contribution in [0.5, 0.6) is 0 Å². The molecule has 3 aromatic heterocycles. The zero-order chi connectivity index (χ0) is 11.1. The first kappa shape index (κ1) is 9.29. The molecule has 0 saturated heterocycles. The van der Waals surface area contributed by atoms with Gasteiger partial charge in [-0.3, -0.25) is 4.40 Å². The fourth-order valence-corrected chi connectivity index (χ4v) is 1.63. The lowest BCUT2D eigenvalue weighted by atomic mass is 10.3. The van der Waals surface area contributed by atoms with Crippen LogP contribution in [0.3, 0.4) is 0 Å². The maximum absolute atomic E-state index is 5.88. The SMILES string of the molecule is Cc1cc(-c2nnc3c(Cl)nccn23)no1. The van der Waals surface area contributed by atoms with Gasteiger partial charge in [-0.1, -0.05) is 16.8 Å². The molecule has 80 valence electrons. The highest BCUT2D eigenvalue weighted by Gasteiger charge is 2.13. The van der Waals surface area contributed by atoms with E-state index in [9.17, 15) is 0 Å². The van der Waals surface area contributed by atoms with E-state index in [2.05, 4.69) is 20.3 Å². The maximum Gasteiger partial charge on any atom is 0.198 e. The molecule has 3 heterocycles. The van der Waals surface area contributed by atoms with Gasteiger partial charge in [0.1, 0.15) is 5.76 Å². The first-order valence-corrected chi connectivity index (χ1v) is 4.92.